The molecule has 0 bridgehead atoms. The highest BCUT2D eigenvalue weighted by molar-refractivity contribution is 5.95. The predicted octanol–water partition coefficient (Wildman–Crippen LogP) is 3.39. The first-order valence-electron chi connectivity index (χ1n) is 6.86. The molecule has 5 nitrogen and oxygen atoms in total. The van der Waals surface area contributed by atoms with Crippen molar-refractivity contribution < 1.29 is 32.2 Å². The van der Waals surface area contributed by atoms with Gasteiger partial charge in [-0.1, -0.05) is 18.2 Å². The molecule has 0 aliphatic rings. The zero-order valence-electron chi connectivity index (χ0n) is 12.5. The summed E-state index contributed by atoms with van der Waals surface area (Å²) in [5.41, 5.74) is 2.33. The molecule has 2 aromatic rings. The number of nitrogens with one attached hydrogen (secondary N) is 1. The van der Waals surface area contributed by atoms with E-state index in [-0.39, 0.29) is 11.3 Å². The molecule has 0 radical (unpaired) electrons. The van der Waals surface area contributed by atoms with Crippen LogP contribution in [0.5, 0.6) is 11.5 Å². The molecule has 0 aliphatic carbocycles. The summed E-state index contributed by atoms with van der Waals surface area (Å²) in [5, 5.41) is 13.1. The van der Waals surface area contributed by atoms with Crippen LogP contribution >= 0.6 is 0 Å². The SMILES string of the molecule is O=C(N/N=C\c1ccccc1O)c1cccc(OC(F)(F)C(F)F)c1. The van der Waals surface area contributed by atoms with Gasteiger partial charge in [0.25, 0.3) is 5.91 Å². The van der Waals surface area contributed by atoms with Gasteiger partial charge in [-0.15, -0.1) is 0 Å². The number of amides is 1. The third-order valence-corrected chi connectivity index (χ3v) is 2.91. The lowest BCUT2D eigenvalue weighted by atomic mass is 10.2. The minimum Gasteiger partial charge on any atom is -0.507 e. The molecule has 2 N–H and O–H groups in total. The molecular formula is C16H12F4N2O3. The number of benzene rings is 2. The second kappa shape index (κ2) is 7.65. The van der Waals surface area contributed by atoms with Gasteiger partial charge in [0.1, 0.15) is 11.5 Å². The first-order chi connectivity index (χ1) is 11.8. The number of phenolic OH excluding ortho intramolecular Hbond substituents is 1. The summed E-state index contributed by atoms with van der Waals surface area (Å²) in [7, 11) is 0. The molecule has 25 heavy (non-hydrogen) atoms. The summed E-state index contributed by atoms with van der Waals surface area (Å²) in [6.07, 6.45) is -7.50. The Hall–Kier alpha value is -3.10. The van der Waals surface area contributed by atoms with Crippen LogP contribution in [0.3, 0.4) is 0 Å². The normalized spacial score (nSPS) is 11.7. The van der Waals surface area contributed by atoms with E-state index in [1.54, 1.807) is 18.2 Å². The molecule has 0 saturated heterocycles. The van der Waals surface area contributed by atoms with Crippen LogP contribution in [0.15, 0.2) is 53.6 Å². The first kappa shape index (κ1) is 18.2. The lowest BCUT2D eigenvalue weighted by Gasteiger charge is -2.16. The lowest BCUT2D eigenvalue weighted by molar-refractivity contribution is -0.253. The van der Waals surface area contributed by atoms with Gasteiger partial charge in [-0.2, -0.15) is 22.7 Å². The van der Waals surface area contributed by atoms with Gasteiger partial charge in [0.15, 0.2) is 0 Å². The fourth-order valence-electron chi connectivity index (χ4n) is 1.72. The highest BCUT2D eigenvalue weighted by atomic mass is 19.3. The molecule has 0 unspecified atom stereocenters. The number of ether oxygens (including phenoxy) is 1. The topological polar surface area (TPSA) is 70.9 Å². The molecule has 0 spiro atoms. The van der Waals surface area contributed by atoms with E-state index in [2.05, 4.69) is 15.3 Å². The van der Waals surface area contributed by atoms with Gasteiger partial charge in [0, 0.05) is 11.1 Å². The minimum atomic E-state index is -4.67. The van der Waals surface area contributed by atoms with Crippen LogP contribution in [-0.2, 0) is 0 Å². The summed E-state index contributed by atoms with van der Waals surface area (Å²) in [6.45, 7) is 0. The van der Waals surface area contributed by atoms with Crippen molar-refractivity contribution in [2.45, 2.75) is 12.5 Å². The summed E-state index contributed by atoms with van der Waals surface area (Å²) < 4.78 is 53.9. The monoisotopic (exact) mass is 356 g/mol. The molecule has 0 heterocycles. The number of hydrogen-bond acceptors (Lipinski definition) is 4. The van der Waals surface area contributed by atoms with Crippen LogP contribution in [0.2, 0.25) is 0 Å². The maximum Gasteiger partial charge on any atom is 0.461 e. The number of rotatable bonds is 6. The number of carbonyl (C=O) groups excluding carboxylic acids is 1. The van der Waals surface area contributed by atoms with Gasteiger partial charge in [0.2, 0.25) is 0 Å². The number of hydrogen-bond donors (Lipinski definition) is 2. The van der Waals surface area contributed by atoms with E-state index < -0.39 is 24.2 Å². The maximum absolute atomic E-state index is 12.9. The highest BCUT2D eigenvalue weighted by Gasteiger charge is 2.44. The molecule has 132 valence electrons. The Labute approximate surface area is 139 Å². The zero-order chi connectivity index (χ0) is 18.4. The summed E-state index contributed by atoms with van der Waals surface area (Å²) >= 11 is 0. The van der Waals surface area contributed by atoms with Gasteiger partial charge in [0.05, 0.1) is 6.21 Å². The Morgan fingerprint density at radius 3 is 2.60 bits per heavy atom. The van der Waals surface area contributed by atoms with Crippen molar-refractivity contribution in [3.05, 3.63) is 59.7 Å². The van der Waals surface area contributed by atoms with E-state index in [1.807, 2.05) is 0 Å². The van der Waals surface area contributed by atoms with E-state index >= 15 is 0 Å². The van der Waals surface area contributed by atoms with E-state index in [0.717, 1.165) is 12.1 Å². The quantitative estimate of drug-likeness (QED) is 0.473. The number of alkyl halides is 4. The number of para-hydroxylation sites is 1. The van der Waals surface area contributed by atoms with Crippen LogP contribution in [-0.4, -0.2) is 29.8 Å². The second-order valence-corrected chi connectivity index (χ2v) is 4.75. The highest BCUT2D eigenvalue weighted by Crippen LogP contribution is 2.27. The number of hydrazone groups is 1. The average Bonchev–Trinajstić information content (AvgIpc) is 2.56. The third kappa shape index (κ3) is 4.93. The van der Waals surface area contributed by atoms with Crippen molar-refractivity contribution in [2.75, 3.05) is 0 Å². The van der Waals surface area contributed by atoms with Crippen molar-refractivity contribution in [3.63, 3.8) is 0 Å². The molecule has 0 aromatic heterocycles. The number of carbonyl (C=O) groups is 1. The van der Waals surface area contributed by atoms with Crippen LogP contribution in [0, 0.1) is 0 Å². The standard InChI is InChI=1S/C16H12F4N2O3/c17-15(18)16(19,20)25-12-6-3-5-10(8-12)14(24)22-21-9-11-4-1-2-7-13(11)23/h1-9,15,23H,(H,22,24)/b21-9-. The van der Waals surface area contributed by atoms with Crippen molar-refractivity contribution in [1.82, 2.24) is 5.43 Å². The van der Waals surface area contributed by atoms with Gasteiger partial charge >= 0.3 is 12.5 Å². The molecule has 0 aliphatic heterocycles. The minimum absolute atomic E-state index is 0.0508. The molecule has 0 atom stereocenters. The Kier molecular flexibility index (Phi) is 5.58. The Morgan fingerprint density at radius 2 is 1.92 bits per heavy atom. The van der Waals surface area contributed by atoms with Crippen molar-refractivity contribution in [1.29, 1.82) is 0 Å². The number of halogens is 4. The van der Waals surface area contributed by atoms with Crippen LogP contribution in [0.1, 0.15) is 15.9 Å². The third-order valence-electron chi connectivity index (χ3n) is 2.91. The van der Waals surface area contributed by atoms with E-state index in [9.17, 15) is 27.5 Å². The Morgan fingerprint density at radius 1 is 1.20 bits per heavy atom. The summed E-state index contributed by atoms with van der Waals surface area (Å²) in [5.74, 6) is -1.43. The zero-order valence-corrected chi connectivity index (χ0v) is 12.5. The van der Waals surface area contributed by atoms with Gasteiger partial charge in [-0.3, -0.25) is 4.79 Å². The molecular weight excluding hydrogens is 344 g/mol. The van der Waals surface area contributed by atoms with Crippen LogP contribution in [0.4, 0.5) is 17.6 Å². The Balaban J connectivity index is 2.05. The van der Waals surface area contributed by atoms with Gasteiger partial charge in [-0.25, -0.2) is 5.43 Å². The smallest absolute Gasteiger partial charge is 0.461 e. The van der Waals surface area contributed by atoms with E-state index in [4.69, 9.17) is 0 Å². The number of nitrogens with zero attached hydrogens (tertiary/aromatic N) is 1. The maximum atomic E-state index is 12.9. The molecule has 0 saturated carbocycles. The van der Waals surface area contributed by atoms with E-state index in [1.165, 1.54) is 24.4 Å². The van der Waals surface area contributed by atoms with Crippen molar-refractivity contribution in [2.24, 2.45) is 5.10 Å². The average molecular weight is 356 g/mol. The van der Waals surface area contributed by atoms with Crippen LogP contribution in [0.25, 0.3) is 0 Å². The molecule has 9 heteroatoms. The van der Waals surface area contributed by atoms with Gasteiger partial charge < -0.3 is 9.84 Å². The molecule has 2 aromatic carbocycles. The van der Waals surface area contributed by atoms with Crippen molar-refractivity contribution >= 4 is 12.1 Å². The largest absolute Gasteiger partial charge is 0.507 e. The molecule has 2 rings (SSSR count). The van der Waals surface area contributed by atoms with Crippen molar-refractivity contribution in [3.8, 4) is 11.5 Å². The summed E-state index contributed by atoms with van der Waals surface area (Å²) in [4.78, 5) is 11.9. The lowest BCUT2D eigenvalue weighted by Crippen LogP contribution is -2.33. The number of phenols is 1. The van der Waals surface area contributed by atoms with Gasteiger partial charge in [-0.05, 0) is 30.3 Å². The first-order valence-corrected chi connectivity index (χ1v) is 6.86. The molecule has 0 fully saturated rings. The Bertz CT molecular complexity index is 781. The number of aromatic hydroxyl groups is 1. The summed E-state index contributed by atoms with van der Waals surface area (Å²) in [6, 6.07) is 10.6. The van der Waals surface area contributed by atoms with E-state index in [0.29, 0.717) is 5.56 Å². The fourth-order valence-corrected chi connectivity index (χ4v) is 1.72. The second-order valence-electron chi connectivity index (χ2n) is 4.75. The van der Waals surface area contributed by atoms with Crippen LogP contribution < -0.4 is 10.2 Å². The predicted molar refractivity (Wildman–Crippen MR) is 81.2 cm³/mol. The fraction of sp³-hybridized carbons (Fsp3) is 0.125. The molecule has 1 amide bonds.